The van der Waals surface area contributed by atoms with Crippen LogP contribution in [-0.2, 0) is 16.6 Å². The lowest BCUT2D eigenvalue weighted by Gasteiger charge is -2.30. The van der Waals surface area contributed by atoms with Gasteiger partial charge in [-0.1, -0.05) is 25.9 Å². The molecule has 128 valence electrons. The maximum Gasteiger partial charge on any atom is 0.227 e. The largest absolute Gasteiger partial charge is 0.396 e. The number of rotatable bonds is 5. The molecule has 6 nitrogen and oxygen atoms in total. The number of carbonyl (C=O) groups excluding carboxylic acids is 1. The average Bonchev–Trinajstić information content (AvgIpc) is 3.19. The third-order valence-corrected chi connectivity index (χ3v) is 5.33. The summed E-state index contributed by atoms with van der Waals surface area (Å²) in [5, 5.41) is 16.7. The molecule has 23 heavy (non-hydrogen) atoms. The van der Waals surface area contributed by atoms with Crippen molar-refractivity contribution in [3.05, 3.63) is 11.7 Å². The van der Waals surface area contributed by atoms with Crippen molar-refractivity contribution in [3.8, 4) is 0 Å². The van der Waals surface area contributed by atoms with Crippen LogP contribution in [-0.4, -0.2) is 33.8 Å². The van der Waals surface area contributed by atoms with Crippen LogP contribution in [0.1, 0.15) is 58.2 Å². The average molecular weight is 321 g/mol. The molecule has 0 aliphatic heterocycles. The van der Waals surface area contributed by atoms with E-state index in [1.54, 1.807) is 0 Å². The smallest absolute Gasteiger partial charge is 0.227 e. The monoisotopic (exact) mass is 321 g/mol. The maximum atomic E-state index is 12.2. The molecule has 0 aromatic carbocycles. The number of aromatic nitrogens is 2. The maximum absolute atomic E-state index is 12.2. The Kier molecular flexibility index (Phi) is 4.45. The number of fused-ring (bicyclic) bond motifs is 2. The van der Waals surface area contributed by atoms with Gasteiger partial charge in [0.1, 0.15) is 0 Å². The van der Waals surface area contributed by atoms with E-state index in [9.17, 15) is 9.90 Å². The van der Waals surface area contributed by atoms with E-state index in [1.807, 2.05) is 20.8 Å². The first kappa shape index (κ1) is 16.4. The van der Waals surface area contributed by atoms with Gasteiger partial charge in [-0.25, -0.2) is 0 Å². The summed E-state index contributed by atoms with van der Waals surface area (Å²) < 4.78 is 5.22. The van der Waals surface area contributed by atoms with Crippen molar-refractivity contribution in [3.63, 3.8) is 0 Å². The highest BCUT2D eigenvalue weighted by molar-refractivity contribution is 5.76. The van der Waals surface area contributed by atoms with Gasteiger partial charge in [0.05, 0.1) is 0 Å². The van der Waals surface area contributed by atoms with Crippen LogP contribution in [0.3, 0.4) is 0 Å². The van der Waals surface area contributed by atoms with Crippen LogP contribution in [0, 0.1) is 17.8 Å². The number of hydrogen-bond acceptors (Lipinski definition) is 5. The predicted octanol–water partition coefficient (Wildman–Crippen LogP) is 1.82. The Morgan fingerprint density at radius 2 is 2.09 bits per heavy atom. The second-order valence-electron chi connectivity index (χ2n) is 8.03. The molecule has 2 aliphatic carbocycles. The minimum Gasteiger partial charge on any atom is -0.396 e. The topological polar surface area (TPSA) is 88.2 Å². The molecule has 1 amide bonds. The van der Waals surface area contributed by atoms with E-state index in [0.29, 0.717) is 36.4 Å². The van der Waals surface area contributed by atoms with Gasteiger partial charge in [0.2, 0.25) is 11.8 Å². The molecule has 2 saturated carbocycles. The molecule has 4 atom stereocenters. The van der Waals surface area contributed by atoms with Crippen molar-refractivity contribution >= 4 is 5.91 Å². The minimum absolute atomic E-state index is 0.0107. The zero-order valence-electron chi connectivity index (χ0n) is 14.2. The fraction of sp³-hybridized carbons (Fsp3) is 0.824. The van der Waals surface area contributed by atoms with Crippen LogP contribution in [0.15, 0.2) is 4.52 Å². The van der Waals surface area contributed by atoms with Crippen LogP contribution < -0.4 is 5.32 Å². The standard InChI is InChI=1S/C17H27N3O3/c1-17(2,3)16-19-14(23-20-16)7-6-13(22)18-15-11-5-4-10(8-11)12(15)9-21/h10-12,15,21H,4-9H2,1-3H3,(H,18,22). The second-order valence-corrected chi connectivity index (χ2v) is 8.03. The molecular weight excluding hydrogens is 294 g/mol. The molecule has 2 N–H and O–H groups in total. The van der Waals surface area contributed by atoms with Crippen LogP contribution in [0.25, 0.3) is 0 Å². The number of aliphatic hydroxyl groups excluding tert-OH is 1. The quantitative estimate of drug-likeness (QED) is 0.863. The summed E-state index contributed by atoms with van der Waals surface area (Å²) >= 11 is 0. The van der Waals surface area contributed by atoms with E-state index in [1.165, 1.54) is 12.8 Å². The molecule has 3 rings (SSSR count). The van der Waals surface area contributed by atoms with Crippen molar-refractivity contribution in [2.45, 2.75) is 64.3 Å². The first-order valence-electron chi connectivity index (χ1n) is 8.61. The lowest BCUT2D eigenvalue weighted by Crippen LogP contribution is -2.45. The van der Waals surface area contributed by atoms with Gasteiger partial charge >= 0.3 is 0 Å². The predicted molar refractivity (Wildman–Crippen MR) is 84.7 cm³/mol. The normalized spacial score (nSPS) is 29.9. The summed E-state index contributed by atoms with van der Waals surface area (Å²) in [6, 6.07) is 0.138. The van der Waals surface area contributed by atoms with Gasteiger partial charge in [0, 0.05) is 36.8 Å². The summed E-state index contributed by atoms with van der Waals surface area (Å²) in [5.74, 6) is 2.54. The fourth-order valence-corrected chi connectivity index (χ4v) is 4.04. The van der Waals surface area contributed by atoms with Crippen LogP contribution >= 0.6 is 0 Å². The highest BCUT2D eigenvalue weighted by Gasteiger charge is 2.47. The van der Waals surface area contributed by atoms with Crippen LogP contribution in [0.5, 0.6) is 0 Å². The van der Waals surface area contributed by atoms with Crippen LogP contribution in [0.2, 0.25) is 0 Å². The fourth-order valence-electron chi connectivity index (χ4n) is 4.04. The molecule has 6 heteroatoms. The Hall–Kier alpha value is -1.43. The van der Waals surface area contributed by atoms with E-state index in [0.717, 1.165) is 6.42 Å². The highest BCUT2D eigenvalue weighted by atomic mass is 16.5. The van der Waals surface area contributed by atoms with E-state index in [2.05, 4.69) is 15.5 Å². The summed E-state index contributed by atoms with van der Waals surface area (Å²) in [4.78, 5) is 16.6. The van der Waals surface area contributed by atoms with Crippen molar-refractivity contribution in [1.82, 2.24) is 15.5 Å². The third kappa shape index (κ3) is 3.42. The zero-order chi connectivity index (χ0) is 16.6. The van der Waals surface area contributed by atoms with Crippen molar-refractivity contribution in [2.24, 2.45) is 17.8 Å². The molecule has 0 spiro atoms. The van der Waals surface area contributed by atoms with Crippen LogP contribution in [0.4, 0.5) is 0 Å². The Bertz CT molecular complexity index is 564. The van der Waals surface area contributed by atoms with E-state index >= 15 is 0 Å². The Morgan fingerprint density at radius 1 is 1.35 bits per heavy atom. The van der Waals surface area contributed by atoms with Crippen molar-refractivity contribution in [2.75, 3.05) is 6.61 Å². The summed E-state index contributed by atoms with van der Waals surface area (Å²) in [5.41, 5.74) is -0.151. The third-order valence-electron chi connectivity index (χ3n) is 5.33. The number of hydrogen-bond donors (Lipinski definition) is 2. The number of aliphatic hydroxyl groups is 1. The molecule has 2 fully saturated rings. The van der Waals surface area contributed by atoms with E-state index in [-0.39, 0.29) is 29.9 Å². The first-order valence-corrected chi connectivity index (χ1v) is 8.61. The first-order chi connectivity index (χ1) is 10.9. The molecule has 0 radical (unpaired) electrons. The number of aryl methyl sites for hydroxylation is 1. The van der Waals surface area contributed by atoms with Gasteiger partial charge in [0.15, 0.2) is 5.82 Å². The van der Waals surface area contributed by atoms with Crippen molar-refractivity contribution in [1.29, 1.82) is 0 Å². The van der Waals surface area contributed by atoms with Gasteiger partial charge in [0.25, 0.3) is 0 Å². The van der Waals surface area contributed by atoms with Gasteiger partial charge in [-0.2, -0.15) is 4.98 Å². The molecule has 1 aromatic heterocycles. The SMILES string of the molecule is CC(C)(C)c1noc(CCC(=O)NC2C3CCC(C3)C2CO)n1. The lowest BCUT2D eigenvalue weighted by molar-refractivity contribution is -0.122. The summed E-state index contributed by atoms with van der Waals surface area (Å²) in [6.45, 7) is 6.25. The van der Waals surface area contributed by atoms with Gasteiger partial charge < -0.3 is 14.9 Å². The van der Waals surface area contributed by atoms with E-state index in [4.69, 9.17) is 4.52 Å². The number of amides is 1. The van der Waals surface area contributed by atoms with Crippen molar-refractivity contribution < 1.29 is 14.4 Å². The minimum atomic E-state index is -0.151. The Balaban J connectivity index is 1.51. The number of nitrogens with one attached hydrogen (secondary N) is 1. The molecule has 0 saturated heterocycles. The Morgan fingerprint density at radius 3 is 2.74 bits per heavy atom. The summed E-state index contributed by atoms with van der Waals surface area (Å²) in [7, 11) is 0. The van der Waals surface area contributed by atoms with Gasteiger partial charge in [-0.15, -0.1) is 0 Å². The number of carbonyl (C=O) groups is 1. The van der Waals surface area contributed by atoms with Gasteiger partial charge in [-0.3, -0.25) is 4.79 Å². The molecule has 1 aromatic rings. The molecule has 1 heterocycles. The molecule has 2 aliphatic rings. The van der Waals surface area contributed by atoms with E-state index < -0.39 is 0 Å². The lowest BCUT2D eigenvalue weighted by atomic mass is 9.85. The summed E-state index contributed by atoms with van der Waals surface area (Å²) in [6.07, 6.45) is 4.32. The highest BCUT2D eigenvalue weighted by Crippen LogP contribution is 2.48. The Labute approximate surface area is 137 Å². The molecule has 2 bridgehead atoms. The molecular formula is C17H27N3O3. The van der Waals surface area contributed by atoms with Gasteiger partial charge in [-0.05, 0) is 31.1 Å². The second kappa shape index (κ2) is 6.23. The number of nitrogens with zero attached hydrogens (tertiary/aromatic N) is 2. The zero-order valence-corrected chi connectivity index (χ0v) is 14.2. The molecule has 4 unspecified atom stereocenters.